The van der Waals surface area contributed by atoms with Crippen LogP contribution in [0.3, 0.4) is 0 Å². The van der Waals surface area contributed by atoms with Gasteiger partial charge in [0.2, 0.25) is 0 Å². The fraction of sp³-hybridized carbons (Fsp3) is 0.316. The van der Waals surface area contributed by atoms with Crippen LogP contribution in [0.5, 0.6) is 6.01 Å². The number of hydrogen-bond donors (Lipinski definition) is 1. The fourth-order valence-electron chi connectivity index (χ4n) is 3.10. The van der Waals surface area contributed by atoms with E-state index in [1.165, 1.54) is 11.1 Å². The van der Waals surface area contributed by atoms with E-state index >= 15 is 0 Å². The Balaban J connectivity index is 1.83. The maximum atomic E-state index is 6.08. The second-order valence-corrected chi connectivity index (χ2v) is 6.29. The standard InChI is InChI=1S/C19H21N5O/c1-13-21-16-17(20)22-19-23-18(16)24(13)12-15-9-6-8-14(11-15)7-4-2-3-5-10-25-19/h2,4,6,8-9,11H,3,5,7,10,12H2,1H3,(H2,20,22,23)/b4-2+. The third kappa shape index (κ3) is 3.20. The minimum Gasteiger partial charge on any atom is -0.463 e. The Hall–Kier alpha value is -2.89. The van der Waals surface area contributed by atoms with Gasteiger partial charge in [-0.05, 0) is 37.3 Å². The molecule has 1 aliphatic heterocycles. The lowest BCUT2D eigenvalue weighted by Crippen LogP contribution is -2.07. The number of aryl methyl sites for hydroxylation is 1. The number of imidazole rings is 1. The Bertz CT molecular complexity index is 944. The van der Waals surface area contributed by atoms with Crippen molar-refractivity contribution in [3.05, 3.63) is 53.4 Å². The zero-order valence-corrected chi connectivity index (χ0v) is 14.3. The third-order valence-corrected chi connectivity index (χ3v) is 4.39. The molecule has 6 heteroatoms. The maximum Gasteiger partial charge on any atom is 0.320 e. The van der Waals surface area contributed by atoms with Gasteiger partial charge in [0, 0.05) is 0 Å². The zero-order chi connectivity index (χ0) is 17.2. The summed E-state index contributed by atoms with van der Waals surface area (Å²) < 4.78 is 7.77. The van der Waals surface area contributed by atoms with Crippen LogP contribution in [-0.4, -0.2) is 26.1 Å². The van der Waals surface area contributed by atoms with Crippen molar-refractivity contribution in [1.29, 1.82) is 0 Å². The lowest BCUT2D eigenvalue weighted by molar-refractivity contribution is 0.289. The van der Waals surface area contributed by atoms with Gasteiger partial charge in [-0.1, -0.05) is 36.4 Å². The van der Waals surface area contributed by atoms with Gasteiger partial charge in [0.05, 0.1) is 13.2 Å². The van der Waals surface area contributed by atoms with Crippen molar-refractivity contribution < 1.29 is 4.74 Å². The van der Waals surface area contributed by atoms with Crippen molar-refractivity contribution >= 4 is 17.0 Å². The van der Waals surface area contributed by atoms with E-state index < -0.39 is 0 Å². The number of aromatic nitrogens is 4. The summed E-state index contributed by atoms with van der Waals surface area (Å²) in [7, 11) is 0. The highest BCUT2D eigenvalue weighted by atomic mass is 16.5. The first-order valence-electron chi connectivity index (χ1n) is 8.56. The van der Waals surface area contributed by atoms with Crippen molar-refractivity contribution in [3.8, 4) is 6.01 Å². The summed E-state index contributed by atoms with van der Waals surface area (Å²) in [6.45, 7) is 3.22. The summed E-state index contributed by atoms with van der Waals surface area (Å²) in [5.74, 6) is 1.22. The van der Waals surface area contributed by atoms with Gasteiger partial charge in [0.25, 0.3) is 0 Å². The summed E-state index contributed by atoms with van der Waals surface area (Å²) in [4.78, 5) is 13.3. The van der Waals surface area contributed by atoms with Gasteiger partial charge < -0.3 is 15.0 Å². The molecule has 0 unspecified atom stereocenters. The maximum absolute atomic E-state index is 6.08. The summed E-state index contributed by atoms with van der Waals surface area (Å²) in [5.41, 5.74) is 9.94. The molecule has 0 saturated carbocycles. The van der Waals surface area contributed by atoms with Gasteiger partial charge in [-0.2, -0.15) is 9.97 Å². The van der Waals surface area contributed by atoms with Gasteiger partial charge in [-0.25, -0.2) is 4.98 Å². The molecule has 0 fully saturated rings. The number of allylic oxidation sites excluding steroid dienone is 2. The quantitative estimate of drug-likeness (QED) is 0.639. The van der Waals surface area contributed by atoms with Crippen LogP contribution in [0.25, 0.3) is 11.2 Å². The predicted octanol–water partition coefficient (Wildman–Crippen LogP) is 3.04. The molecular weight excluding hydrogens is 314 g/mol. The van der Waals surface area contributed by atoms with E-state index in [0.29, 0.717) is 30.5 Å². The lowest BCUT2D eigenvalue weighted by Gasteiger charge is -2.09. The molecule has 25 heavy (non-hydrogen) atoms. The fourth-order valence-corrected chi connectivity index (χ4v) is 3.10. The van der Waals surface area contributed by atoms with E-state index in [4.69, 9.17) is 10.5 Å². The minimum absolute atomic E-state index is 0.318. The van der Waals surface area contributed by atoms with Gasteiger partial charge in [0.15, 0.2) is 17.0 Å². The second kappa shape index (κ2) is 6.55. The molecule has 1 aromatic carbocycles. The van der Waals surface area contributed by atoms with E-state index in [2.05, 4.69) is 55.9 Å². The van der Waals surface area contributed by atoms with E-state index in [0.717, 1.165) is 30.7 Å². The van der Waals surface area contributed by atoms with Crippen LogP contribution in [0.2, 0.25) is 0 Å². The van der Waals surface area contributed by atoms with Crippen LogP contribution in [0.4, 0.5) is 5.82 Å². The first-order valence-corrected chi connectivity index (χ1v) is 8.56. The number of benzene rings is 1. The zero-order valence-electron chi connectivity index (χ0n) is 14.3. The average molecular weight is 335 g/mol. The molecule has 0 amide bonds. The molecule has 2 aromatic heterocycles. The number of fused-ring (bicyclic) bond motifs is 3. The second-order valence-electron chi connectivity index (χ2n) is 6.29. The average Bonchev–Trinajstić information content (AvgIpc) is 2.90. The Morgan fingerprint density at radius 3 is 2.92 bits per heavy atom. The molecular formula is C19H21N5O. The van der Waals surface area contributed by atoms with Crippen molar-refractivity contribution in [2.75, 3.05) is 12.3 Å². The van der Waals surface area contributed by atoms with Gasteiger partial charge in [0.1, 0.15) is 5.82 Å². The molecule has 6 nitrogen and oxygen atoms in total. The Labute approximate surface area is 146 Å². The summed E-state index contributed by atoms with van der Waals surface area (Å²) >= 11 is 0. The first-order chi connectivity index (χ1) is 12.2. The summed E-state index contributed by atoms with van der Waals surface area (Å²) in [6.07, 6.45) is 7.23. The molecule has 4 rings (SSSR count). The molecule has 1 aliphatic rings. The number of nitrogens with zero attached hydrogens (tertiary/aromatic N) is 4. The number of nitrogen functional groups attached to an aromatic ring is 1. The number of nitrogens with two attached hydrogens (primary N) is 1. The monoisotopic (exact) mass is 335 g/mol. The molecule has 2 N–H and O–H groups in total. The van der Waals surface area contributed by atoms with Crippen molar-refractivity contribution in [2.45, 2.75) is 32.7 Å². The van der Waals surface area contributed by atoms with E-state index in [1.807, 2.05) is 6.92 Å². The van der Waals surface area contributed by atoms with Crippen molar-refractivity contribution in [1.82, 2.24) is 19.5 Å². The largest absolute Gasteiger partial charge is 0.463 e. The molecule has 3 heterocycles. The molecule has 0 saturated heterocycles. The molecule has 0 atom stereocenters. The van der Waals surface area contributed by atoms with Crippen LogP contribution in [-0.2, 0) is 13.0 Å². The number of rotatable bonds is 0. The van der Waals surface area contributed by atoms with Crippen LogP contribution < -0.4 is 10.5 Å². The number of hydrogen-bond acceptors (Lipinski definition) is 5. The van der Waals surface area contributed by atoms with Gasteiger partial charge in [-0.15, -0.1) is 0 Å². The molecule has 3 aromatic rings. The van der Waals surface area contributed by atoms with E-state index in [-0.39, 0.29) is 0 Å². The van der Waals surface area contributed by atoms with Crippen LogP contribution >= 0.6 is 0 Å². The normalized spacial score (nSPS) is 16.2. The predicted molar refractivity (Wildman–Crippen MR) is 97.6 cm³/mol. The summed E-state index contributed by atoms with van der Waals surface area (Å²) in [6, 6.07) is 8.93. The Kier molecular flexibility index (Phi) is 4.09. The van der Waals surface area contributed by atoms with Crippen molar-refractivity contribution in [2.24, 2.45) is 0 Å². The van der Waals surface area contributed by atoms with Gasteiger partial charge >= 0.3 is 6.01 Å². The highest BCUT2D eigenvalue weighted by molar-refractivity contribution is 5.82. The van der Waals surface area contributed by atoms with Crippen molar-refractivity contribution in [3.63, 3.8) is 0 Å². The van der Waals surface area contributed by atoms with Crippen LogP contribution in [0, 0.1) is 6.92 Å². The van der Waals surface area contributed by atoms with E-state index in [1.54, 1.807) is 0 Å². The molecule has 0 aliphatic carbocycles. The first kappa shape index (κ1) is 15.6. The molecule has 128 valence electrons. The highest BCUT2D eigenvalue weighted by Gasteiger charge is 2.15. The Morgan fingerprint density at radius 1 is 1.12 bits per heavy atom. The summed E-state index contributed by atoms with van der Waals surface area (Å²) in [5, 5.41) is 0. The topological polar surface area (TPSA) is 78.9 Å². The smallest absolute Gasteiger partial charge is 0.320 e. The highest BCUT2D eigenvalue weighted by Crippen LogP contribution is 2.23. The van der Waals surface area contributed by atoms with Gasteiger partial charge in [-0.3, -0.25) is 0 Å². The number of anilines is 1. The van der Waals surface area contributed by atoms with Crippen LogP contribution in [0.15, 0.2) is 36.4 Å². The SMILES string of the molecule is Cc1nc2c(N)nc3nc2n1Cc1cccc(c1)C/C=C/CCCO3. The molecule has 0 radical (unpaired) electrons. The lowest BCUT2D eigenvalue weighted by atomic mass is 10.1. The van der Waals surface area contributed by atoms with Crippen LogP contribution in [0.1, 0.15) is 29.8 Å². The molecule has 0 spiro atoms. The molecule has 4 bridgehead atoms. The van der Waals surface area contributed by atoms with E-state index in [9.17, 15) is 0 Å². The Morgan fingerprint density at radius 2 is 2.00 bits per heavy atom. The third-order valence-electron chi connectivity index (χ3n) is 4.39. The number of ether oxygens (including phenoxy) is 1. The minimum atomic E-state index is 0.318.